The number of amides is 1. The fraction of sp³-hybridized carbons (Fsp3) is 0.909. The van der Waals surface area contributed by atoms with Crippen LogP contribution in [0.1, 0.15) is 104 Å². The molecule has 0 saturated heterocycles. The van der Waals surface area contributed by atoms with Crippen molar-refractivity contribution in [2.24, 2.45) is 11.7 Å². The lowest BCUT2D eigenvalue weighted by atomic mass is 10.1. The molecule has 0 heterocycles. The van der Waals surface area contributed by atoms with Crippen molar-refractivity contribution >= 4 is 19.5 Å². The average Bonchev–Trinajstić information content (AvgIpc) is 2.69. The molecule has 184 valence electrons. The molecule has 0 spiro atoms. The largest absolute Gasteiger partial charge is 0.479 e. The number of aliphatic carboxylic acids is 1. The van der Waals surface area contributed by atoms with Crippen LogP contribution in [0.25, 0.3) is 0 Å². The highest BCUT2D eigenvalue weighted by Crippen LogP contribution is 2.50. The maximum atomic E-state index is 12.8. The Bertz CT molecular complexity index is 544. The smallest absolute Gasteiger partial charge is 0.351 e. The van der Waals surface area contributed by atoms with E-state index in [2.05, 4.69) is 12.2 Å². The Balaban J connectivity index is 4.49. The first kappa shape index (κ1) is 30.0. The summed E-state index contributed by atoms with van der Waals surface area (Å²) in [6, 6.07) is 0. The van der Waals surface area contributed by atoms with Crippen molar-refractivity contribution in [1.82, 2.24) is 5.32 Å². The Labute approximate surface area is 188 Å². The SMILES string of the molecule is CCCCCCCCCCCC(=O)NC(C(C)C)P(=O)(O)O[C@H](CCCCN)C(=O)O. The molecule has 0 bridgehead atoms. The number of rotatable bonds is 20. The number of carboxylic acids is 1. The Morgan fingerprint density at radius 3 is 2.00 bits per heavy atom. The molecule has 0 aromatic heterocycles. The van der Waals surface area contributed by atoms with Crippen molar-refractivity contribution in [3.05, 3.63) is 0 Å². The summed E-state index contributed by atoms with van der Waals surface area (Å²) in [4.78, 5) is 34.2. The number of carbonyl (C=O) groups is 2. The molecule has 31 heavy (non-hydrogen) atoms. The van der Waals surface area contributed by atoms with Gasteiger partial charge in [0.2, 0.25) is 5.91 Å². The van der Waals surface area contributed by atoms with Crippen LogP contribution < -0.4 is 11.1 Å². The summed E-state index contributed by atoms with van der Waals surface area (Å²) in [7, 11) is -4.38. The maximum absolute atomic E-state index is 12.8. The molecule has 9 heteroatoms. The van der Waals surface area contributed by atoms with Gasteiger partial charge in [0, 0.05) is 6.42 Å². The zero-order chi connectivity index (χ0) is 23.7. The molecule has 0 fully saturated rings. The van der Waals surface area contributed by atoms with E-state index in [-0.39, 0.29) is 24.7 Å². The first-order valence-electron chi connectivity index (χ1n) is 11.9. The van der Waals surface area contributed by atoms with Gasteiger partial charge in [-0.1, -0.05) is 72.1 Å². The topological polar surface area (TPSA) is 139 Å². The molecule has 0 aliphatic rings. The number of unbranched alkanes of at least 4 members (excludes halogenated alkanes) is 9. The Hall–Kier alpha value is -0.950. The summed E-state index contributed by atoms with van der Waals surface area (Å²) in [5, 5.41) is 11.9. The van der Waals surface area contributed by atoms with Crippen LogP contribution in [-0.2, 0) is 18.7 Å². The van der Waals surface area contributed by atoms with Crippen LogP contribution >= 0.6 is 7.60 Å². The lowest BCUT2D eigenvalue weighted by Gasteiger charge is -2.28. The Morgan fingerprint density at radius 1 is 0.968 bits per heavy atom. The summed E-state index contributed by atoms with van der Waals surface area (Å²) in [6.45, 7) is 6.00. The third-order valence-corrected chi connectivity index (χ3v) is 7.26. The van der Waals surface area contributed by atoms with Gasteiger partial charge in [0.05, 0.1) is 0 Å². The van der Waals surface area contributed by atoms with Crippen LogP contribution in [0.2, 0.25) is 0 Å². The van der Waals surface area contributed by atoms with Gasteiger partial charge in [-0.3, -0.25) is 13.9 Å². The predicted molar refractivity (Wildman–Crippen MR) is 124 cm³/mol. The predicted octanol–water partition coefficient (Wildman–Crippen LogP) is 4.79. The van der Waals surface area contributed by atoms with Crippen molar-refractivity contribution in [3.8, 4) is 0 Å². The van der Waals surface area contributed by atoms with Gasteiger partial charge in [-0.25, -0.2) is 4.79 Å². The molecule has 8 nitrogen and oxygen atoms in total. The fourth-order valence-electron chi connectivity index (χ4n) is 3.40. The molecular formula is C22H45N2O6P. The van der Waals surface area contributed by atoms with Crippen LogP contribution in [0.15, 0.2) is 0 Å². The third-order valence-electron chi connectivity index (χ3n) is 5.27. The minimum atomic E-state index is -4.38. The molecule has 5 N–H and O–H groups in total. The van der Waals surface area contributed by atoms with E-state index in [9.17, 15) is 24.2 Å². The summed E-state index contributed by atoms with van der Waals surface area (Å²) < 4.78 is 17.9. The standard InChI is InChI=1S/C22H45N2O6P/c1-4-5-6-7-8-9-10-11-12-16-20(25)24-21(18(2)3)31(28,29)30-19(22(26)27)15-13-14-17-23/h18-19,21H,4-17,23H2,1-3H3,(H,24,25)(H,26,27)(H,28,29)/t19-,21?/m1/s1. The molecule has 0 aromatic carbocycles. The summed E-state index contributed by atoms with van der Waals surface area (Å²) in [6.07, 6.45) is 10.3. The number of carbonyl (C=O) groups excluding carboxylic acids is 1. The maximum Gasteiger partial charge on any atom is 0.351 e. The normalized spacial score (nSPS) is 15.4. The second kappa shape index (κ2) is 17.6. The van der Waals surface area contributed by atoms with E-state index in [0.717, 1.165) is 19.3 Å². The second-order valence-electron chi connectivity index (χ2n) is 8.62. The van der Waals surface area contributed by atoms with Gasteiger partial charge in [0.15, 0.2) is 6.10 Å². The first-order chi connectivity index (χ1) is 14.7. The van der Waals surface area contributed by atoms with Crippen molar-refractivity contribution in [2.45, 2.75) is 116 Å². The Kier molecular flexibility index (Phi) is 17.0. The van der Waals surface area contributed by atoms with Crippen LogP contribution in [0.3, 0.4) is 0 Å². The number of hydrogen-bond donors (Lipinski definition) is 4. The average molecular weight is 465 g/mol. The third kappa shape index (κ3) is 14.7. The van der Waals surface area contributed by atoms with E-state index in [0.29, 0.717) is 19.4 Å². The zero-order valence-corrected chi connectivity index (χ0v) is 20.6. The van der Waals surface area contributed by atoms with Crippen molar-refractivity contribution in [1.29, 1.82) is 0 Å². The number of carboxylic acid groups (broad SMARTS) is 1. The van der Waals surface area contributed by atoms with Crippen LogP contribution in [0, 0.1) is 5.92 Å². The summed E-state index contributed by atoms with van der Waals surface area (Å²) in [5.74, 6) is -3.14. The van der Waals surface area contributed by atoms with E-state index < -0.39 is 25.5 Å². The number of hydrogen-bond acceptors (Lipinski definition) is 5. The van der Waals surface area contributed by atoms with Gasteiger partial charge < -0.3 is 21.1 Å². The molecule has 0 radical (unpaired) electrons. The van der Waals surface area contributed by atoms with Gasteiger partial charge in [-0.15, -0.1) is 0 Å². The van der Waals surface area contributed by atoms with Crippen LogP contribution in [0.4, 0.5) is 0 Å². The van der Waals surface area contributed by atoms with Crippen molar-refractivity contribution in [2.75, 3.05) is 6.54 Å². The molecular weight excluding hydrogens is 419 g/mol. The molecule has 0 aromatic rings. The van der Waals surface area contributed by atoms with Gasteiger partial charge >= 0.3 is 13.6 Å². The zero-order valence-electron chi connectivity index (χ0n) is 19.7. The lowest BCUT2D eigenvalue weighted by Crippen LogP contribution is -2.40. The first-order valence-corrected chi connectivity index (χ1v) is 13.5. The minimum Gasteiger partial charge on any atom is -0.479 e. The van der Waals surface area contributed by atoms with E-state index in [4.69, 9.17) is 10.3 Å². The fourth-order valence-corrected chi connectivity index (χ4v) is 5.15. The quantitative estimate of drug-likeness (QED) is 0.150. The van der Waals surface area contributed by atoms with Gasteiger partial charge in [-0.05, 0) is 38.1 Å². The van der Waals surface area contributed by atoms with Gasteiger partial charge in [0.25, 0.3) is 0 Å². The molecule has 1 amide bonds. The van der Waals surface area contributed by atoms with E-state index in [1.165, 1.54) is 38.5 Å². The summed E-state index contributed by atoms with van der Waals surface area (Å²) in [5.41, 5.74) is 5.41. The number of nitrogens with one attached hydrogen (secondary N) is 1. The highest BCUT2D eigenvalue weighted by Gasteiger charge is 2.40. The summed E-state index contributed by atoms with van der Waals surface area (Å²) >= 11 is 0. The monoisotopic (exact) mass is 464 g/mol. The van der Waals surface area contributed by atoms with Gasteiger partial charge in [-0.2, -0.15) is 0 Å². The van der Waals surface area contributed by atoms with Crippen LogP contribution in [0.5, 0.6) is 0 Å². The molecule has 0 saturated carbocycles. The van der Waals surface area contributed by atoms with Crippen LogP contribution in [-0.4, -0.2) is 40.3 Å². The lowest BCUT2D eigenvalue weighted by molar-refractivity contribution is -0.145. The highest BCUT2D eigenvalue weighted by atomic mass is 31.2. The molecule has 0 aliphatic heterocycles. The van der Waals surface area contributed by atoms with E-state index in [1.807, 2.05) is 0 Å². The number of nitrogens with two attached hydrogens (primary N) is 1. The molecule has 0 rings (SSSR count). The highest BCUT2D eigenvalue weighted by molar-refractivity contribution is 7.53. The second-order valence-corrected chi connectivity index (χ2v) is 10.5. The molecule has 0 aliphatic carbocycles. The van der Waals surface area contributed by atoms with Crippen molar-refractivity contribution < 1.29 is 28.7 Å². The molecule has 2 unspecified atom stereocenters. The van der Waals surface area contributed by atoms with E-state index in [1.54, 1.807) is 13.8 Å². The Morgan fingerprint density at radius 2 is 1.52 bits per heavy atom. The van der Waals surface area contributed by atoms with Crippen molar-refractivity contribution in [3.63, 3.8) is 0 Å². The molecule has 3 atom stereocenters. The minimum absolute atomic E-state index is 0.0916. The van der Waals surface area contributed by atoms with Gasteiger partial charge in [0.1, 0.15) is 5.78 Å². The van der Waals surface area contributed by atoms with E-state index >= 15 is 0 Å².